The smallest absolute Gasteiger partial charge is 0.0972 e. The zero-order chi connectivity index (χ0) is 30.9. The summed E-state index contributed by atoms with van der Waals surface area (Å²) in [6.07, 6.45) is 0. The van der Waals surface area contributed by atoms with Crippen LogP contribution in [0.5, 0.6) is 0 Å². The molecule has 4 heterocycles. The van der Waals surface area contributed by atoms with Gasteiger partial charge >= 0.3 is 0 Å². The van der Waals surface area contributed by atoms with Crippen molar-refractivity contribution >= 4 is 75.0 Å². The molecule has 3 nitrogen and oxygen atoms in total. The fraction of sp³-hybridized carbons (Fsp3) is 0. The Bertz CT molecular complexity index is 2840. The van der Waals surface area contributed by atoms with Crippen LogP contribution >= 0.6 is 11.3 Å². The van der Waals surface area contributed by atoms with Crippen molar-refractivity contribution < 1.29 is 0 Å². The Morgan fingerprint density at radius 1 is 0.362 bits per heavy atom. The summed E-state index contributed by atoms with van der Waals surface area (Å²) in [7, 11) is 0. The highest BCUT2D eigenvalue weighted by Crippen LogP contribution is 2.44. The van der Waals surface area contributed by atoms with Crippen molar-refractivity contribution in [1.29, 1.82) is 0 Å². The first kappa shape index (κ1) is 26.3. The molecular weight excluding hydrogens is 591 g/mol. The summed E-state index contributed by atoms with van der Waals surface area (Å²) < 4.78 is 2.50. The summed E-state index contributed by atoms with van der Waals surface area (Å²) >= 11 is 1.82. The first-order valence-electron chi connectivity index (χ1n) is 15.8. The van der Waals surface area contributed by atoms with Gasteiger partial charge in [-0.3, -0.25) is 0 Å². The number of fused-ring (bicyclic) bond motifs is 10. The van der Waals surface area contributed by atoms with Gasteiger partial charge in [-0.05, 0) is 23.6 Å². The number of pyridine rings is 3. The van der Waals surface area contributed by atoms with E-state index in [2.05, 4.69) is 133 Å². The van der Waals surface area contributed by atoms with Crippen molar-refractivity contribution in [3.05, 3.63) is 152 Å². The van der Waals surface area contributed by atoms with Gasteiger partial charge in [-0.25, -0.2) is 15.0 Å². The SMILES string of the molecule is c1ccc(-c2ccc3ccc4ccc(-c5ccc(-c6nc7c8ccccc8ccc7c7c6sc6ccccc67)cc5)nc4c3n2)cc1. The topological polar surface area (TPSA) is 38.7 Å². The van der Waals surface area contributed by atoms with E-state index in [9.17, 15) is 0 Å². The molecule has 47 heavy (non-hydrogen) atoms. The molecule has 0 amide bonds. The highest BCUT2D eigenvalue weighted by atomic mass is 32.1. The number of thiophene rings is 1. The molecule has 0 aliphatic rings. The van der Waals surface area contributed by atoms with E-state index >= 15 is 0 Å². The predicted molar refractivity (Wildman–Crippen MR) is 199 cm³/mol. The predicted octanol–water partition coefficient (Wildman–Crippen LogP) is 11.9. The molecule has 0 atom stereocenters. The van der Waals surface area contributed by atoms with E-state index < -0.39 is 0 Å². The Hall–Kier alpha value is -5.97. The third-order valence-corrected chi connectivity index (χ3v) is 10.4. The van der Waals surface area contributed by atoms with Crippen LogP contribution in [-0.2, 0) is 0 Å². The van der Waals surface area contributed by atoms with E-state index in [-0.39, 0.29) is 0 Å². The van der Waals surface area contributed by atoms with E-state index in [1.807, 2.05) is 29.5 Å². The normalized spacial score (nSPS) is 11.8. The van der Waals surface area contributed by atoms with E-state index in [1.54, 1.807) is 0 Å². The summed E-state index contributed by atoms with van der Waals surface area (Å²) in [5.74, 6) is 0. The van der Waals surface area contributed by atoms with Crippen LogP contribution in [0.15, 0.2) is 152 Å². The number of aromatic nitrogens is 3. The molecule has 0 bridgehead atoms. The number of benzene rings is 6. The number of rotatable bonds is 3. The van der Waals surface area contributed by atoms with Crippen molar-refractivity contribution in [2.75, 3.05) is 0 Å². The summed E-state index contributed by atoms with van der Waals surface area (Å²) in [5.41, 5.74) is 9.03. The number of hydrogen-bond donors (Lipinski definition) is 0. The Labute approximate surface area is 274 Å². The molecule has 0 fully saturated rings. The maximum Gasteiger partial charge on any atom is 0.0972 e. The van der Waals surface area contributed by atoms with Gasteiger partial charge in [-0.15, -0.1) is 11.3 Å². The van der Waals surface area contributed by atoms with Gasteiger partial charge in [0.25, 0.3) is 0 Å². The molecule has 4 heteroatoms. The third kappa shape index (κ3) is 4.16. The largest absolute Gasteiger partial charge is 0.246 e. The molecule has 218 valence electrons. The van der Waals surface area contributed by atoms with Gasteiger partial charge in [0, 0.05) is 53.7 Å². The average molecular weight is 616 g/mol. The fourth-order valence-electron chi connectivity index (χ4n) is 6.91. The zero-order valence-corrected chi connectivity index (χ0v) is 26.0. The highest BCUT2D eigenvalue weighted by molar-refractivity contribution is 7.26. The minimum absolute atomic E-state index is 0.914. The van der Waals surface area contributed by atoms with Gasteiger partial charge < -0.3 is 0 Å². The maximum atomic E-state index is 5.39. The summed E-state index contributed by atoms with van der Waals surface area (Å²) in [5, 5.41) is 8.31. The van der Waals surface area contributed by atoms with Crippen LogP contribution in [0.2, 0.25) is 0 Å². The van der Waals surface area contributed by atoms with Crippen molar-refractivity contribution in [3.63, 3.8) is 0 Å². The first-order chi connectivity index (χ1) is 23.3. The van der Waals surface area contributed by atoms with Crippen molar-refractivity contribution in [2.24, 2.45) is 0 Å². The molecule has 0 unspecified atom stereocenters. The van der Waals surface area contributed by atoms with Gasteiger partial charge in [0.05, 0.1) is 38.3 Å². The van der Waals surface area contributed by atoms with E-state index in [4.69, 9.17) is 15.0 Å². The van der Waals surface area contributed by atoms with Crippen molar-refractivity contribution in [1.82, 2.24) is 15.0 Å². The molecule has 10 rings (SSSR count). The van der Waals surface area contributed by atoms with Gasteiger partial charge in [0.2, 0.25) is 0 Å². The minimum Gasteiger partial charge on any atom is -0.246 e. The van der Waals surface area contributed by atoms with Crippen LogP contribution in [0.4, 0.5) is 0 Å². The van der Waals surface area contributed by atoms with Gasteiger partial charge in [-0.1, -0.05) is 133 Å². The van der Waals surface area contributed by atoms with Gasteiger partial charge in [0.1, 0.15) is 0 Å². The molecule has 6 aromatic carbocycles. The average Bonchev–Trinajstić information content (AvgIpc) is 3.54. The second-order valence-corrected chi connectivity index (χ2v) is 13.0. The molecule has 0 saturated heterocycles. The number of hydrogen-bond acceptors (Lipinski definition) is 4. The highest BCUT2D eigenvalue weighted by Gasteiger charge is 2.18. The van der Waals surface area contributed by atoms with E-state index in [0.717, 1.165) is 61.1 Å². The Morgan fingerprint density at radius 2 is 0.936 bits per heavy atom. The first-order valence-corrected chi connectivity index (χ1v) is 16.6. The summed E-state index contributed by atoms with van der Waals surface area (Å²) in [4.78, 5) is 15.7. The molecule has 0 N–H and O–H groups in total. The van der Waals surface area contributed by atoms with Gasteiger partial charge in [0.15, 0.2) is 0 Å². The van der Waals surface area contributed by atoms with E-state index in [1.165, 1.54) is 36.3 Å². The lowest BCUT2D eigenvalue weighted by molar-refractivity contribution is 1.36. The molecular formula is C43H25N3S. The van der Waals surface area contributed by atoms with Crippen LogP contribution in [0, 0.1) is 0 Å². The minimum atomic E-state index is 0.914. The lowest BCUT2D eigenvalue weighted by atomic mass is 9.99. The third-order valence-electron chi connectivity index (χ3n) is 9.25. The molecule has 0 aliphatic heterocycles. The fourth-order valence-corrected chi connectivity index (χ4v) is 8.14. The maximum absolute atomic E-state index is 5.39. The molecule has 10 aromatic rings. The lowest BCUT2D eigenvalue weighted by Crippen LogP contribution is -1.91. The standard InChI is InChI=1S/C43H25N3S/c1-2-9-27(10-3-1)35-24-21-29-18-19-30-22-25-36(45-40(30)39(29)44-35)28-14-16-31(17-15-28)41-43-38(33-12-6-7-13-37(33)47-43)34-23-20-26-8-4-5-11-32(26)42(34)46-41/h1-25H. The zero-order valence-electron chi connectivity index (χ0n) is 25.2. The molecule has 0 aliphatic carbocycles. The lowest BCUT2D eigenvalue weighted by Gasteiger charge is -2.11. The van der Waals surface area contributed by atoms with Crippen LogP contribution in [-0.4, -0.2) is 15.0 Å². The Balaban J connectivity index is 1.13. The van der Waals surface area contributed by atoms with Crippen LogP contribution < -0.4 is 0 Å². The molecule has 4 aromatic heterocycles. The second-order valence-electron chi connectivity index (χ2n) is 12.0. The number of nitrogens with zero attached hydrogens (tertiary/aromatic N) is 3. The Kier molecular flexibility index (Phi) is 5.74. The summed E-state index contributed by atoms with van der Waals surface area (Å²) in [6.45, 7) is 0. The van der Waals surface area contributed by atoms with E-state index in [0.29, 0.717) is 0 Å². The van der Waals surface area contributed by atoms with Crippen LogP contribution in [0.1, 0.15) is 0 Å². The van der Waals surface area contributed by atoms with Crippen LogP contribution in [0.25, 0.3) is 97.4 Å². The molecule has 0 radical (unpaired) electrons. The quantitative estimate of drug-likeness (QED) is 0.186. The van der Waals surface area contributed by atoms with Gasteiger partial charge in [-0.2, -0.15) is 0 Å². The van der Waals surface area contributed by atoms with Crippen molar-refractivity contribution in [3.8, 4) is 33.8 Å². The second kappa shape index (κ2) is 10.3. The monoisotopic (exact) mass is 615 g/mol. The summed E-state index contributed by atoms with van der Waals surface area (Å²) in [6, 6.07) is 53.5. The molecule has 0 spiro atoms. The van der Waals surface area contributed by atoms with Crippen molar-refractivity contribution in [2.45, 2.75) is 0 Å². The Morgan fingerprint density at radius 3 is 1.68 bits per heavy atom. The van der Waals surface area contributed by atoms with Crippen LogP contribution in [0.3, 0.4) is 0 Å². The molecule has 0 saturated carbocycles.